The van der Waals surface area contributed by atoms with Crippen LogP contribution in [-0.2, 0) is 6.61 Å². The van der Waals surface area contributed by atoms with Gasteiger partial charge in [0.05, 0.1) is 5.69 Å². The SMILES string of the molecule is Nc1ncnc2c1nnn2-c1cccc(OCc2ccccc2)c1. The minimum absolute atomic E-state index is 0.308. The zero-order valence-electron chi connectivity index (χ0n) is 12.7. The first-order valence-electron chi connectivity index (χ1n) is 7.40. The summed E-state index contributed by atoms with van der Waals surface area (Å²) >= 11 is 0. The molecule has 0 amide bonds. The van der Waals surface area contributed by atoms with Crippen LogP contribution in [0.4, 0.5) is 5.82 Å². The molecule has 2 aromatic heterocycles. The molecule has 4 rings (SSSR count). The predicted molar refractivity (Wildman–Crippen MR) is 89.6 cm³/mol. The zero-order chi connectivity index (χ0) is 16.4. The minimum Gasteiger partial charge on any atom is -0.489 e. The molecule has 0 aliphatic carbocycles. The Morgan fingerprint density at radius 1 is 1.00 bits per heavy atom. The Labute approximate surface area is 137 Å². The minimum atomic E-state index is 0.308. The molecule has 0 spiro atoms. The van der Waals surface area contributed by atoms with Crippen LogP contribution in [0.15, 0.2) is 60.9 Å². The number of hydrogen-bond donors (Lipinski definition) is 1. The van der Waals surface area contributed by atoms with Crippen LogP contribution in [0.5, 0.6) is 5.75 Å². The molecule has 0 radical (unpaired) electrons. The number of hydrogen-bond acceptors (Lipinski definition) is 6. The van der Waals surface area contributed by atoms with Crippen molar-refractivity contribution in [1.29, 1.82) is 0 Å². The smallest absolute Gasteiger partial charge is 0.188 e. The van der Waals surface area contributed by atoms with E-state index in [1.807, 2.05) is 54.6 Å². The molecule has 0 atom stereocenters. The molecule has 2 aromatic carbocycles. The van der Waals surface area contributed by atoms with E-state index in [-0.39, 0.29) is 0 Å². The van der Waals surface area contributed by atoms with Crippen LogP contribution < -0.4 is 10.5 Å². The van der Waals surface area contributed by atoms with Crippen LogP contribution >= 0.6 is 0 Å². The van der Waals surface area contributed by atoms with E-state index in [0.717, 1.165) is 17.0 Å². The molecule has 0 bridgehead atoms. The van der Waals surface area contributed by atoms with Crippen molar-refractivity contribution >= 4 is 17.0 Å². The third-order valence-corrected chi connectivity index (χ3v) is 3.58. The molecule has 2 heterocycles. The number of aromatic nitrogens is 5. The molecule has 7 nitrogen and oxygen atoms in total. The summed E-state index contributed by atoms with van der Waals surface area (Å²) < 4.78 is 7.46. The van der Waals surface area contributed by atoms with Gasteiger partial charge in [-0.2, -0.15) is 4.68 Å². The van der Waals surface area contributed by atoms with Gasteiger partial charge >= 0.3 is 0 Å². The highest BCUT2D eigenvalue weighted by atomic mass is 16.5. The van der Waals surface area contributed by atoms with E-state index >= 15 is 0 Å². The van der Waals surface area contributed by atoms with Crippen LogP contribution in [0.3, 0.4) is 0 Å². The van der Waals surface area contributed by atoms with Crippen LogP contribution in [0.25, 0.3) is 16.9 Å². The summed E-state index contributed by atoms with van der Waals surface area (Å²) in [5, 5.41) is 8.15. The van der Waals surface area contributed by atoms with E-state index in [2.05, 4.69) is 20.3 Å². The number of nitrogen functional groups attached to an aromatic ring is 1. The zero-order valence-corrected chi connectivity index (χ0v) is 12.7. The second kappa shape index (κ2) is 5.96. The van der Waals surface area contributed by atoms with E-state index < -0.39 is 0 Å². The molecule has 0 fully saturated rings. The summed E-state index contributed by atoms with van der Waals surface area (Å²) in [6.45, 7) is 0.498. The average molecular weight is 318 g/mol. The molecule has 0 saturated heterocycles. The third kappa shape index (κ3) is 2.63. The first-order valence-corrected chi connectivity index (χ1v) is 7.40. The molecule has 24 heavy (non-hydrogen) atoms. The third-order valence-electron chi connectivity index (χ3n) is 3.58. The van der Waals surface area contributed by atoms with Crippen LogP contribution in [0, 0.1) is 0 Å². The number of nitrogens with two attached hydrogens (primary N) is 1. The summed E-state index contributed by atoms with van der Waals surface area (Å²) in [7, 11) is 0. The molecule has 0 unspecified atom stereocenters. The Morgan fingerprint density at radius 3 is 2.75 bits per heavy atom. The topological polar surface area (TPSA) is 91.7 Å². The Bertz CT molecular complexity index is 983. The fraction of sp³-hybridized carbons (Fsp3) is 0.0588. The van der Waals surface area contributed by atoms with E-state index in [1.165, 1.54) is 6.33 Å². The van der Waals surface area contributed by atoms with Crippen molar-refractivity contribution in [2.45, 2.75) is 6.61 Å². The van der Waals surface area contributed by atoms with Crippen molar-refractivity contribution in [1.82, 2.24) is 25.0 Å². The monoisotopic (exact) mass is 318 g/mol. The maximum atomic E-state index is 5.85. The highest BCUT2D eigenvalue weighted by Crippen LogP contribution is 2.21. The lowest BCUT2D eigenvalue weighted by atomic mass is 10.2. The normalized spacial score (nSPS) is 10.8. The van der Waals surface area contributed by atoms with Crippen LogP contribution in [0.1, 0.15) is 5.56 Å². The van der Waals surface area contributed by atoms with E-state index in [1.54, 1.807) is 4.68 Å². The summed E-state index contributed by atoms with van der Waals surface area (Å²) in [6.07, 6.45) is 1.40. The summed E-state index contributed by atoms with van der Waals surface area (Å²) in [4.78, 5) is 8.13. The highest BCUT2D eigenvalue weighted by molar-refractivity contribution is 5.81. The van der Waals surface area contributed by atoms with Crippen molar-refractivity contribution < 1.29 is 4.74 Å². The van der Waals surface area contributed by atoms with Crippen LogP contribution in [-0.4, -0.2) is 25.0 Å². The van der Waals surface area contributed by atoms with Gasteiger partial charge in [-0.1, -0.05) is 41.6 Å². The fourth-order valence-corrected chi connectivity index (χ4v) is 2.39. The van der Waals surface area contributed by atoms with Gasteiger partial charge in [-0.25, -0.2) is 9.97 Å². The largest absolute Gasteiger partial charge is 0.489 e. The number of rotatable bonds is 4. The molecule has 2 N–H and O–H groups in total. The van der Waals surface area contributed by atoms with Crippen molar-refractivity contribution in [2.75, 3.05) is 5.73 Å². The van der Waals surface area contributed by atoms with E-state index in [9.17, 15) is 0 Å². The van der Waals surface area contributed by atoms with Crippen molar-refractivity contribution in [3.63, 3.8) is 0 Å². The second-order valence-electron chi connectivity index (χ2n) is 5.20. The number of anilines is 1. The Balaban J connectivity index is 1.63. The van der Waals surface area contributed by atoms with Crippen molar-refractivity contribution in [3.05, 3.63) is 66.5 Å². The molecule has 7 heteroatoms. The fourth-order valence-electron chi connectivity index (χ4n) is 2.39. The van der Waals surface area contributed by atoms with Gasteiger partial charge in [-0.3, -0.25) is 0 Å². The molecule has 4 aromatic rings. The summed E-state index contributed by atoms with van der Waals surface area (Å²) in [6, 6.07) is 17.6. The quantitative estimate of drug-likeness (QED) is 0.621. The van der Waals surface area contributed by atoms with Crippen molar-refractivity contribution in [2.24, 2.45) is 0 Å². The standard InChI is InChI=1S/C17H14N6O/c18-16-15-17(20-11-19-16)23(22-21-15)13-7-4-8-14(9-13)24-10-12-5-2-1-3-6-12/h1-9,11H,10H2,(H2,18,19,20). The lowest BCUT2D eigenvalue weighted by Gasteiger charge is -2.08. The summed E-state index contributed by atoms with van der Waals surface area (Å²) in [5.41, 5.74) is 8.73. The second-order valence-corrected chi connectivity index (χ2v) is 5.20. The van der Waals surface area contributed by atoms with Gasteiger partial charge in [0.1, 0.15) is 18.7 Å². The number of fused-ring (bicyclic) bond motifs is 1. The molecular weight excluding hydrogens is 304 g/mol. The van der Waals surface area contributed by atoms with E-state index in [0.29, 0.717) is 23.6 Å². The molecular formula is C17H14N6O. The Hall–Kier alpha value is -3.48. The molecule has 0 saturated carbocycles. The van der Waals surface area contributed by atoms with Gasteiger partial charge in [0.2, 0.25) is 0 Å². The average Bonchev–Trinajstić information content (AvgIpc) is 3.07. The highest BCUT2D eigenvalue weighted by Gasteiger charge is 2.11. The predicted octanol–water partition coefficient (Wildman–Crippen LogP) is 2.37. The first kappa shape index (κ1) is 14.1. The summed E-state index contributed by atoms with van der Waals surface area (Å²) in [5.74, 6) is 1.05. The van der Waals surface area contributed by atoms with Crippen LogP contribution in [0.2, 0.25) is 0 Å². The number of benzene rings is 2. The Morgan fingerprint density at radius 2 is 1.88 bits per heavy atom. The van der Waals surface area contributed by atoms with Gasteiger partial charge in [0.15, 0.2) is 17.0 Å². The number of ether oxygens (including phenoxy) is 1. The lowest BCUT2D eigenvalue weighted by Crippen LogP contribution is -2.00. The van der Waals surface area contributed by atoms with Gasteiger partial charge in [0, 0.05) is 6.07 Å². The first-order chi connectivity index (χ1) is 11.8. The maximum Gasteiger partial charge on any atom is 0.188 e. The molecule has 118 valence electrons. The van der Waals surface area contributed by atoms with Gasteiger partial charge in [-0.15, -0.1) is 5.10 Å². The van der Waals surface area contributed by atoms with E-state index in [4.69, 9.17) is 10.5 Å². The van der Waals surface area contributed by atoms with Gasteiger partial charge in [-0.05, 0) is 17.7 Å². The Kier molecular flexibility index (Phi) is 3.51. The molecule has 0 aliphatic heterocycles. The number of nitrogens with zero attached hydrogens (tertiary/aromatic N) is 5. The maximum absolute atomic E-state index is 5.85. The van der Waals surface area contributed by atoms with Crippen molar-refractivity contribution in [3.8, 4) is 11.4 Å². The van der Waals surface area contributed by atoms with Gasteiger partial charge in [0.25, 0.3) is 0 Å². The molecule has 0 aliphatic rings. The lowest BCUT2D eigenvalue weighted by molar-refractivity contribution is 0.306. The van der Waals surface area contributed by atoms with Gasteiger partial charge < -0.3 is 10.5 Å².